The van der Waals surface area contributed by atoms with Crippen LogP contribution < -0.4 is 0 Å². The van der Waals surface area contributed by atoms with E-state index in [0.29, 0.717) is 0 Å². The molecule has 74 valence electrons. The second-order valence-corrected chi connectivity index (χ2v) is 1.77. The normalized spacial score (nSPS) is 4.62. The second kappa shape index (κ2) is 31.0. The molecule has 0 atom stereocenters. The Morgan fingerprint density at radius 2 is 1.46 bits per heavy atom. The molecular formula is C13H22. The molecule has 0 aromatic rings. The van der Waals surface area contributed by atoms with E-state index in [1.54, 1.807) is 6.92 Å². The fourth-order valence-corrected chi connectivity index (χ4v) is 0.130. The molecule has 0 saturated heterocycles. The summed E-state index contributed by atoms with van der Waals surface area (Å²) < 4.78 is 0. The van der Waals surface area contributed by atoms with Crippen LogP contribution in [-0.2, 0) is 0 Å². The Kier molecular flexibility index (Phi) is 42.2. The first kappa shape index (κ1) is 17.7. The van der Waals surface area contributed by atoms with Gasteiger partial charge in [-0.15, -0.1) is 6.42 Å². The summed E-state index contributed by atoms with van der Waals surface area (Å²) in [5, 5.41) is 0. The van der Waals surface area contributed by atoms with Gasteiger partial charge in [0, 0.05) is 1.43 Å². The van der Waals surface area contributed by atoms with Crippen molar-refractivity contribution >= 4 is 0 Å². The molecule has 13 heavy (non-hydrogen) atoms. The van der Waals surface area contributed by atoms with E-state index in [1.165, 1.54) is 12.8 Å². The minimum absolute atomic E-state index is 0. The van der Waals surface area contributed by atoms with Crippen LogP contribution in [0.1, 0.15) is 48.9 Å². The summed E-state index contributed by atoms with van der Waals surface area (Å²) in [5.74, 6) is 12.0. The Hall–Kier alpha value is -1.32. The van der Waals surface area contributed by atoms with Crippen LogP contribution in [0, 0.1) is 36.0 Å². The zero-order valence-corrected chi connectivity index (χ0v) is 9.49. The fraction of sp³-hybridized carbons (Fsp3) is 0.538. The Morgan fingerprint density at radius 3 is 1.69 bits per heavy atom. The number of hydrogen-bond donors (Lipinski definition) is 0. The van der Waals surface area contributed by atoms with Crippen molar-refractivity contribution in [2.45, 2.75) is 47.5 Å². The Balaban J connectivity index is -0.0000000620. The van der Waals surface area contributed by atoms with Gasteiger partial charge in [0.25, 0.3) is 0 Å². The van der Waals surface area contributed by atoms with Crippen LogP contribution in [0.5, 0.6) is 0 Å². The highest BCUT2D eigenvalue weighted by Crippen LogP contribution is 1.76. The minimum Gasteiger partial charge on any atom is -0.106 e. The molecule has 0 aromatic heterocycles. The second-order valence-electron chi connectivity index (χ2n) is 1.77. The van der Waals surface area contributed by atoms with Crippen LogP contribution in [0.2, 0.25) is 0 Å². The van der Waals surface area contributed by atoms with Gasteiger partial charge in [0.2, 0.25) is 0 Å². The van der Waals surface area contributed by atoms with E-state index in [-0.39, 0.29) is 1.43 Å². The van der Waals surface area contributed by atoms with E-state index in [1.807, 2.05) is 13.8 Å². The first-order valence-corrected chi connectivity index (χ1v) is 4.70. The van der Waals surface area contributed by atoms with Crippen LogP contribution in [-0.4, -0.2) is 0 Å². The Labute approximate surface area is 85.6 Å². The monoisotopic (exact) mass is 178 g/mol. The largest absolute Gasteiger partial charge is 0.106 e. The number of unbranched alkanes of at least 4 members (excludes halogenated alkanes) is 1. The summed E-state index contributed by atoms with van der Waals surface area (Å²) in [6, 6.07) is 0. The molecule has 0 rings (SSSR count). The molecule has 0 nitrogen and oxygen atoms in total. The minimum atomic E-state index is 0. The molecule has 0 bridgehead atoms. The average Bonchev–Trinajstić information content (AvgIpc) is 2.22. The Bertz CT molecular complexity index is 210. The maximum Gasteiger partial charge on any atom is 0 e. The summed E-state index contributed by atoms with van der Waals surface area (Å²) in [7, 11) is 0. The lowest BCUT2D eigenvalue weighted by Crippen LogP contribution is -1.47. The van der Waals surface area contributed by atoms with Gasteiger partial charge in [-0.25, -0.2) is 0 Å². The van der Waals surface area contributed by atoms with Crippen molar-refractivity contribution in [2.24, 2.45) is 0 Å². The molecule has 0 heterocycles. The topological polar surface area (TPSA) is 0 Å². The molecule has 0 fully saturated rings. The molecule has 0 unspecified atom stereocenters. The molecule has 0 aromatic carbocycles. The maximum absolute atomic E-state index is 4.78. The van der Waals surface area contributed by atoms with Crippen molar-refractivity contribution in [3.8, 4) is 36.0 Å². The van der Waals surface area contributed by atoms with Gasteiger partial charge in [0.1, 0.15) is 0 Å². The molecule has 0 aliphatic rings. The zero-order chi connectivity index (χ0) is 10.9. The molecule has 0 aliphatic carbocycles. The van der Waals surface area contributed by atoms with Crippen LogP contribution in [0.3, 0.4) is 0 Å². The number of rotatable bonds is 1. The highest BCUT2D eigenvalue weighted by atomic mass is 13.6. The lowest BCUT2D eigenvalue weighted by atomic mass is 10.4. The number of terminal acetylenes is 1. The standard InChI is InChI=1S/C7H4.C4H10.C2H6.H2/c1-3-5-7-6-4-2;1-3-4-2;1-2;/h1H,2H3;3-4H2,1-2H3;1-2H3;1H. The van der Waals surface area contributed by atoms with Crippen molar-refractivity contribution in [1.29, 1.82) is 0 Å². The molecule has 0 saturated carbocycles. The first-order valence-electron chi connectivity index (χ1n) is 4.70. The lowest BCUT2D eigenvalue weighted by molar-refractivity contribution is 0.886. The van der Waals surface area contributed by atoms with E-state index in [2.05, 4.69) is 43.4 Å². The first-order chi connectivity index (χ1) is 6.33. The predicted molar refractivity (Wildman–Crippen MR) is 64.1 cm³/mol. The predicted octanol–water partition coefficient (Wildman–Crippen LogP) is 3.72. The van der Waals surface area contributed by atoms with Crippen molar-refractivity contribution in [3.05, 3.63) is 0 Å². The maximum atomic E-state index is 4.78. The van der Waals surface area contributed by atoms with Gasteiger partial charge in [-0.3, -0.25) is 0 Å². The summed E-state index contributed by atoms with van der Waals surface area (Å²) in [6.45, 7) is 10.1. The lowest BCUT2D eigenvalue weighted by Gasteiger charge is -1.68. The fourth-order valence-electron chi connectivity index (χ4n) is 0.130. The molecule has 0 spiro atoms. The number of hydrogen-bond acceptors (Lipinski definition) is 0. The molecular weight excluding hydrogens is 156 g/mol. The molecule has 0 N–H and O–H groups in total. The van der Waals surface area contributed by atoms with Crippen LogP contribution >= 0.6 is 0 Å². The van der Waals surface area contributed by atoms with Gasteiger partial charge in [-0.2, -0.15) is 0 Å². The molecule has 0 amide bonds. The van der Waals surface area contributed by atoms with Crippen LogP contribution in [0.15, 0.2) is 0 Å². The third-order valence-corrected chi connectivity index (χ3v) is 0.822. The summed E-state index contributed by atoms with van der Waals surface area (Å²) >= 11 is 0. The molecule has 0 heteroatoms. The summed E-state index contributed by atoms with van der Waals surface area (Å²) in [4.78, 5) is 0. The van der Waals surface area contributed by atoms with E-state index in [4.69, 9.17) is 6.42 Å². The summed E-state index contributed by atoms with van der Waals surface area (Å²) in [6.07, 6.45) is 7.42. The van der Waals surface area contributed by atoms with E-state index >= 15 is 0 Å². The van der Waals surface area contributed by atoms with Gasteiger partial charge in [0.05, 0.1) is 0 Å². The van der Waals surface area contributed by atoms with Gasteiger partial charge in [-0.1, -0.05) is 46.5 Å². The average molecular weight is 178 g/mol. The van der Waals surface area contributed by atoms with Gasteiger partial charge in [0.15, 0.2) is 0 Å². The highest BCUT2D eigenvalue weighted by Gasteiger charge is 1.56. The van der Waals surface area contributed by atoms with E-state index < -0.39 is 0 Å². The SMILES string of the molecule is C#CC#CC#CC.CC.CCCC.[HH]. The van der Waals surface area contributed by atoms with Crippen LogP contribution in [0.4, 0.5) is 0 Å². The molecule has 0 aliphatic heterocycles. The van der Waals surface area contributed by atoms with Crippen molar-refractivity contribution in [3.63, 3.8) is 0 Å². The van der Waals surface area contributed by atoms with Gasteiger partial charge < -0.3 is 0 Å². The van der Waals surface area contributed by atoms with E-state index in [9.17, 15) is 0 Å². The summed E-state index contributed by atoms with van der Waals surface area (Å²) in [5.41, 5.74) is 0. The van der Waals surface area contributed by atoms with Crippen molar-refractivity contribution in [2.75, 3.05) is 0 Å². The highest BCUT2D eigenvalue weighted by molar-refractivity contribution is 5.33. The zero-order valence-electron chi connectivity index (χ0n) is 9.49. The third-order valence-electron chi connectivity index (χ3n) is 0.822. The third kappa shape index (κ3) is 59.4. The smallest absolute Gasteiger partial charge is 0 e. The van der Waals surface area contributed by atoms with Gasteiger partial charge >= 0.3 is 0 Å². The Morgan fingerprint density at radius 1 is 1.00 bits per heavy atom. The quantitative estimate of drug-likeness (QED) is 0.537. The van der Waals surface area contributed by atoms with Crippen molar-refractivity contribution in [1.82, 2.24) is 0 Å². The van der Waals surface area contributed by atoms with Crippen molar-refractivity contribution < 1.29 is 1.43 Å². The molecule has 0 radical (unpaired) electrons. The van der Waals surface area contributed by atoms with Gasteiger partial charge in [-0.05, 0) is 30.6 Å². The van der Waals surface area contributed by atoms with Crippen LogP contribution in [0.25, 0.3) is 0 Å². The van der Waals surface area contributed by atoms with E-state index in [0.717, 1.165) is 0 Å².